The number of carbonyl (C=O) groups excluding carboxylic acids is 3. The zero-order valence-corrected chi connectivity index (χ0v) is 17.7. The number of hydrogen-bond acceptors (Lipinski definition) is 6. The Labute approximate surface area is 183 Å². The van der Waals surface area contributed by atoms with Crippen LogP contribution in [0.4, 0.5) is 0 Å². The molecule has 0 bridgehead atoms. The van der Waals surface area contributed by atoms with E-state index >= 15 is 0 Å². The third-order valence-electron chi connectivity index (χ3n) is 4.75. The Balaban J connectivity index is 1.62. The second-order valence-electron chi connectivity index (χ2n) is 7.12. The number of unbranched alkanes of at least 4 members (excludes halogenated alkanes) is 2. The number of benzene rings is 1. The fourth-order valence-corrected chi connectivity index (χ4v) is 3.10. The van der Waals surface area contributed by atoms with Crippen LogP contribution in [-0.4, -0.2) is 34.0 Å². The molecule has 0 saturated carbocycles. The molecule has 0 aliphatic heterocycles. The lowest BCUT2D eigenvalue weighted by atomic mass is 10.1. The van der Waals surface area contributed by atoms with E-state index in [1.54, 1.807) is 30.3 Å². The third-order valence-corrected chi connectivity index (χ3v) is 4.75. The van der Waals surface area contributed by atoms with Crippen LogP contribution in [0, 0.1) is 0 Å². The SMILES string of the molecule is CCCCCn1nc(C(=O)NNC(=O)CCNC(=O)c2ccco2)c2ccccc2c1=O. The summed E-state index contributed by atoms with van der Waals surface area (Å²) in [4.78, 5) is 49.2. The van der Waals surface area contributed by atoms with Crippen LogP contribution in [0.25, 0.3) is 10.8 Å². The number of nitrogens with zero attached hydrogens (tertiary/aromatic N) is 2. The van der Waals surface area contributed by atoms with Crippen LogP contribution in [0.1, 0.15) is 53.7 Å². The molecule has 0 aliphatic rings. The number of amides is 3. The minimum absolute atomic E-state index is 0.0446. The van der Waals surface area contributed by atoms with Gasteiger partial charge in [0.2, 0.25) is 5.91 Å². The average molecular weight is 439 g/mol. The Kier molecular flexibility index (Phi) is 7.74. The molecule has 0 atom stereocenters. The van der Waals surface area contributed by atoms with Crippen LogP contribution in [-0.2, 0) is 11.3 Å². The number of nitrogens with one attached hydrogen (secondary N) is 3. The highest BCUT2D eigenvalue weighted by Crippen LogP contribution is 2.13. The van der Waals surface area contributed by atoms with Gasteiger partial charge in [-0.1, -0.05) is 38.0 Å². The highest BCUT2D eigenvalue weighted by atomic mass is 16.3. The lowest BCUT2D eigenvalue weighted by Gasteiger charge is -2.12. The minimum Gasteiger partial charge on any atom is -0.459 e. The van der Waals surface area contributed by atoms with E-state index in [-0.39, 0.29) is 30.0 Å². The van der Waals surface area contributed by atoms with Gasteiger partial charge in [0.05, 0.1) is 11.6 Å². The smallest absolute Gasteiger partial charge is 0.290 e. The third kappa shape index (κ3) is 5.60. The quantitative estimate of drug-likeness (QED) is 0.343. The van der Waals surface area contributed by atoms with Gasteiger partial charge >= 0.3 is 0 Å². The van der Waals surface area contributed by atoms with Gasteiger partial charge in [0.15, 0.2) is 11.5 Å². The van der Waals surface area contributed by atoms with Gasteiger partial charge in [0.1, 0.15) is 0 Å². The number of aryl methyl sites for hydroxylation is 1. The molecule has 1 aromatic carbocycles. The minimum atomic E-state index is -0.640. The molecule has 2 heterocycles. The van der Waals surface area contributed by atoms with Crippen molar-refractivity contribution in [1.29, 1.82) is 0 Å². The highest BCUT2D eigenvalue weighted by molar-refractivity contribution is 6.05. The molecule has 3 amide bonds. The van der Waals surface area contributed by atoms with Gasteiger partial charge in [-0.25, -0.2) is 4.68 Å². The van der Waals surface area contributed by atoms with Gasteiger partial charge in [-0.05, 0) is 24.6 Å². The van der Waals surface area contributed by atoms with Gasteiger partial charge < -0.3 is 9.73 Å². The lowest BCUT2D eigenvalue weighted by Crippen LogP contribution is -2.43. The molecule has 3 aromatic rings. The van der Waals surface area contributed by atoms with Crippen molar-refractivity contribution in [2.75, 3.05) is 6.54 Å². The molecule has 3 rings (SSSR count). The summed E-state index contributed by atoms with van der Waals surface area (Å²) in [5, 5.41) is 7.57. The van der Waals surface area contributed by atoms with Crippen LogP contribution in [0.5, 0.6) is 0 Å². The Bertz CT molecular complexity index is 1150. The monoisotopic (exact) mass is 439 g/mol. The number of hydrazine groups is 1. The first kappa shape index (κ1) is 22.7. The van der Waals surface area contributed by atoms with E-state index in [9.17, 15) is 19.2 Å². The van der Waals surface area contributed by atoms with E-state index < -0.39 is 17.7 Å². The van der Waals surface area contributed by atoms with Crippen LogP contribution in [0.3, 0.4) is 0 Å². The maximum absolute atomic E-state index is 12.7. The highest BCUT2D eigenvalue weighted by Gasteiger charge is 2.17. The van der Waals surface area contributed by atoms with E-state index in [0.717, 1.165) is 19.3 Å². The Morgan fingerprint density at radius 3 is 2.50 bits per heavy atom. The lowest BCUT2D eigenvalue weighted by molar-refractivity contribution is -0.121. The molecular weight excluding hydrogens is 414 g/mol. The number of fused-ring (bicyclic) bond motifs is 1. The summed E-state index contributed by atoms with van der Waals surface area (Å²) in [6.07, 6.45) is 4.02. The number of aromatic nitrogens is 2. The van der Waals surface area contributed by atoms with Crippen molar-refractivity contribution in [2.45, 2.75) is 39.2 Å². The summed E-state index contributed by atoms with van der Waals surface area (Å²) in [5.41, 5.74) is 4.41. The molecule has 0 fully saturated rings. The largest absolute Gasteiger partial charge is 0.459 e. The van der Waals surface area contributed by atoms with Crippen LogP contribution in [0.15, 0.2) is 51.9 Å². The zero-order valence-electron chi connectivity index (χ0n) is 17.7. The van der Waals surface area contributed by atoms with Gasteiger partial charge in [-0.3, -0.25) is 30.0 Å². The predicted molar refractivity (Wildman–Crippen MR) is 117 cm³/mol. The number of carbonyl (C=O) groups is 3. The maximum Gasteiger partial charge on any atom is 0.290 e. The normalized spacial score (nSPS) is 10.7. The van der Waals surface area contributed by atoms with Crippen LogP contribution < -0.4 is 21.7 Å². The predicted octanol–water partition coefficient (Wildman–Crippen LogP) is 1.76. The molecule has 2 aromatic heterocycles. The second-order valence-corrected chi connectivity index (χ2v) is 7.12. The van der Waals surface area contributed by atoms with Crippen LogP contribution >= 0.6 is 0 Å². The molecule has 3 N–H and O–H groups in total. The van der Waals surface area contributed by atoms with Crippen molar-refractivity contribution in [1.82, 2.24) is 25.9 Å². The van der Waals surface area contributed by atoms with E-state index in [1.165, 1.54) is 17.0 Å². The summed E-state index contributed by atoms with van der Waals surface area (Å²) in [7, 11) is 0. The Morgan fingerprint density at radius 2 is 1.78 bits per heavy atom. The molecule has 0 aliphatic carbocycles. The zero-order chi connectivity index (χ0) is 22.9. The topological polar surface area (TPSA) is 135 Å². The molecule has 32 heavy (non-hydrogen) atoms. The van der Waals surface area contributed by atoms with Gasteiger partial charge in [-0.2, -0.15) is 5.10 Å². The molecule has 0 radical (unpaired) electrons. The summed E-state index contributed by atoms with van der Waals surface area (Å²) < 4.78 is 6.25. The standard InChI is InChI=1S/C22H25N5O5/c1-2-3-6-13-27-22(31)16-9-5-4-8-15(16)19(26-27)21(30)25-24-18(28)11-12-23-20(29)17-10-7-14-32-17/h4-5,7-10,14H,2-3,6,11-13H2,1H3,(H,23,29)(H,24,28)(H,25,30). The molecule has 10 heteroatoms. The molecule has 10 nitrogen and oxygen atoms in total. The first-order valence-electron chi connectivity index (χ1n) is 10.4. The van der Waals surface area contributed by atoms with Crippen molar-refractivity contribution < 1.29 is 18.8 Å². The summed E-state index contributed by atoms with van der Waals surface area (Å²) in [6.45, 7) is 2.52. The number of furan rings is 1. The van der Waals surface area contributed by atoms with E-state index in [2.05, 4.69) is 28.2 Å². The van der Waals surface area contributed by atoms with Gasteiger partial charge in [-0.15, -0.1) is 0 Å². The first-order chi connectivity index (χ1) is 15.5. The van der Waals surface area contributed by atoms with E-state index in [4.69, 9.17) is 4.42 Å². The van der Waals surface area contributed by atoms with Crippen molar-refractivity contribution in [2.24, 2.45) is 0 Å². The summed E-state index contributed by atoms with van der Waals surface area (Å²) in [6, 6.07) is 9.81. The fourth-order valence-electron chi connectivity index (χ4n) is 3.10. The summed E-state index contributed by atoms with van der Waals surface area (Å²) in [5.74, 6) is -1.43. The van der Waals surface area contributed by atoms with Gasteiger partial charge in [0, 0.05) is 24.9 Å². The van der Waals surface area contributed by atoms with Crippen LogP contribution in [0.2, 0.25) is 0 Å². The maximum atomic E-state index is 12.7. The number of rotatable bonds is 9. The Morgan fingerprint density at radius 1 is 1.00 bits per heavy atom. The van der Waals surface area contributed by atoms with Crippen molar-refractivity contribution in [3.63, 3.8) is 0 Å². The molecule has 0 unspecified atom stereocenters. The fraction of sp³-hybridized carbons (Fsp3) is 0.318. The number of hydrogen-bond donors (Lipinski definition) is 3. The van der Waals surface area contributed by atoms with Crippen molar-refractivity contribution in [3.05, 3.63) is 64.5 Å². The molecular formula is C22H25N5O5. The second kappa shape index (κ2) is 10.9. The van der Waals surface area contributed by atoms with Crippen molar-refractivity contribution >= 4 is 28.5 Å². The van der Waals surface area contributed by atoms with Crippen molar-refractivity contribution in [3.8, 4) is 0 Å². The van der Waals surface area contributed by atoms with E-state index in [1.807, 2.05) is 0 Å². The molecule has 0 spiro atoms. The molecule has 0 saturated heterocycles. The van der Waals surface area contributed by atoms with Gasteiger partial charge in [0.25, 0.3) is 17.4 Å². The first-order valence-corrected chi connectivity index (χ1v) is 10.4. The van der Waals surface area contributed by atoms with E-state index in [0.29, 0.717) is 17.3 Å². The Hall–Kier alpha value is -3.95. The average Bonchev–Trinajstić information content (AvgIpc) is 3.34. The summed E-state index contributed by atoms with van der Waals surface area (Å²) >= 11 is 0. The molecule has 168 valence electrons.